The first-order valence-corrected chi connectivity index (χ1v) is 5.60. The van der Waals surface area contributed by atoms with Gasteiger partial charge in [0.05, 0.1) is 0 Å². The van der Waals surface area contributed by atoms with Crippen LogP contribution in [0.4, 0.5) is 5.69 Å². The molecule has 0 unspecified atom stereocenters. The number of hydrogen-bond acceptors (Lipinski definition) is 3. The second-order valence-electron chi connectivity index (χ2n) is 3.41. The number of nitriles is 1. The molecule has 1 aromatic carbocycles. The van der Waals surface area contributed by atoms with Crippen LogP contribution in [0.1, 0.15) is 6.92 Å². The summed E-state index contributed by atoms with van der Waals surface area (Å²) in [6.07, 6.45) is 0. The summed E-state index contributed by atoms with van der Waals surface area (Å²) < 4.78 is 0.900. The van der Waals surface area contributed by atoms with Crippen molar-refractivity contribution in [2.75, 3.05) is 11.9 Å². The number of halogens is 1. The molecule has 1 aromatic rings. The van der Waals surface area contributed by atoms with E-state index in [1.807, 2.05) is 0 Å². The number of anilines is 1. The van der Waals surface area contributed by atoms with Crippen molar-refractivity contribution in [3.63, 3.8) is 0 Å². The highest BCUT2D eigenvalue weighted by Crippen LogP contribution is 2.19. The molecule has 0 aliphatic carbocycles. The highest BCUT2D eigenvalue weighted by molar-refractivity contribution is 9.10. The Hall–Kier alpha value is -1.80. The number of likely N-dealkylation sites (N-methyl/N-ethyl adjacent to an activating group) is 1. The van der Waals surface area contributed by atoms with E-state index in [0.29, 0.717) is 5.69 Å². The summed E-state index contributed by atoms with van der Waals surface area (Å²) in [6, 6.07) is 8.76. The molecule has 4 nitrogen and oxygen atoms in total. The summed E-state index contributed by atoms with van der Waals surface area (Å²) in [5, 5.41) is 18.0. The third-order valence-electron chi connectivity index (χ3n) is 2.21. The lowest BCUT2D eigenvalue weighted by molar-refractivity contribution is -0.114. The Bertz CT molecular complexity index is 496. The molecule has 1 N–H and O–H groups in total. The Balaban J connectivity index is 3.03. The molecule has 0 heterocycles. The predicted molar refractivity (Wildman–Crippen MR) is 68.5 cm³/mol. The normalized spacial score (nSPS) is 11.4. The molecular formula is C12H11BrN2O2. The number of rotatable bonds is 2. The molecule has 0 spiro atoms. The van der Waals surface area contributed by atoms with E-state index in [9.17, 15) is 9.90 Å². The fraction of sp³-hybridized carbons (Fsp3) is 0.167. The van der Waals surface area contributed by atoms with E-state index < -0.39 is 5.91 Å². The van der Waals surface area contributed by atoms with Crippen LogP contribution in [0.15, 0.2) is 40.1 Å². The third-order valence-corrected chi connectivity index (χ3v) is 2.73. The van der Waals surface area contributed by atoms with Gasteiger partial charge in [-0.2, -0.15) is 5.26 Å². The summed E-state index contributed by atoms with van der Waals surface area (Å²) in [5.74, 6) is -0.809. The smallest absolute Gasteiger partial charge is 0.272 e. The van der Waals surface area contributed by atoms with E-state index in [2.05, 4.69) is 15.9 Å². The Labute approximate surface area is 108 Å². The maximum absolute atomic E-state index is 11.9. The second kappa shape index (κ2) is 5.51. The number of aliphatic hydroxyl groups is 1. The maximum Gasteiger partial charge on any atom is 0.272 e. The van der Waals surface area contributed by atoms with Crippen LogP contribution in [0.5, 0.6) is 0 Å². The van der Waals surface area contributed by atoms with Gasteiger partial charge in [0.25, 0.3) is 5.91 Å². The minimum absolute atomic E-state index is 0.254. The minimum Gasteiger partial charge on any atom is -0.511 e. The lowest BCUT2D eigenvalue weighted by Crippen LogP contribution is -2.27. The highest BCUT2D eigenvalue weighted by atomic mass is 79.9. The van der Waals surface area contributed by atoms with Crippen LogP contribution < -0.4 is 4.90 Å². The van der Waals surface area contributed by atoms with Crippen LogP contribution >= 0.6 is 15.9 Å². The third kappa shape index (κ3) is 3.08. The number of aliphatic hydroxyl groups excluding tert-OH is 1. The topological polar surface area (TPSA) is 64.3 Å². The molecule has 0 radical (unpaired) electrons. The first kappa shape index (κ1) is 13.3. The molecule has 88 valence electrons. The van der Waals surface area contributed by atoms with E-state index in [1.54, 1.807) is 37.4 Å². The minimum atomic E-state index is -0.533. The molecule has 0 saturated carbocycles. The second-order valence-corrected chi connectivity index (χ2v) is 4.33. The standard InChI is InChI=1S/C12H11BrN2O2/c1-8(16)11(7-14)12(17)15(2)10-5-3-9(13)4-6-10/h3-6,16H,1-2H3/b11-8-. The predicted octanol–water partition coefficient (Wildman–Crippen LogP) is 2.77. The van der Waals surface area contributed by atoms with Gasteiger partial charge in [-0.3, -0.25) is 4.79 Å². The van der Waals surface area contributed by atoms with Crippen LogP contribution in [0.3, 0.4) is 0 Å². The van der Waals surface area contributed by atoms with Crippen molar-refractivity contribution in [3.8, 4) is 6.07 Å². The van der Waals surface area contributed by atoms with Crippen molar-refractivity contribution >= 4 is 27.5 Å². The van der Waals surface area contributed by atoms with Gasteiger partial charge in [-0.1, -0.05) is 15.9 Å². The molecule has 1 rings (SSSR count). The van der Waals surface area contributed by atoms with E-state index in [4.69, 9.17) is 5.26 Å². The summed E-state index contributed by atoms with van der Waals surface area (Å²) in [5.41, 5.74) is 0.391. The molecule has 0 aromatic heterocycles. The zero-order chi connectivity index (χ0) is 13.0. The highest BCUT2D eigenvalue weighted by Gasteiger charge is 2.18. The van der Waals surface area contributed by atoms with Crippen LogP contribution in [0.2, 0.25) is 0 Å². The number of carbonyl (C=O) groups excluding carboxylic acids is 1. The molecule has 0 aliphatic heterocycles. The summed E-state index contributed by atoms with van der Waals surface area (Å²) >= 11 is 3.29. The van der Waals surface area contributed by atoms with Crippen molar-refractivity contribution in [1.29, 1.82) is 5.26 Å². The number of benzene rings is 1. The van der Waals surface area contributed by atoms with Crippen LogP contribution in [0.25, 0.3) is 0 Å². The van der Waals surface area contributed by atoms with Gasteiger partial charge in [0, 0.05) is 17.2 Å². The average Bonchev–Trinajstić information content (AvgIpc) is 2.29. The Morgan fingerprint density at radius 2 is 1.94 bits per heavy atom. The van der Waals surface area contributed by atoms with Crippen molar-refractivity contribution in [3.05, 3.63) is 40.1 Å². The summed E-state index contributed by atoms with van der Waals surface area (Å²) in [7, 11) is 1.55. The van der Waals surface area contributed by atoms with Crippen molar-refractivity contribution < 1.29 is 9.90 Å². The SMILES string of the molecule is C/C(O)=C(\C#N)C(=O)N(C)c1ccc(Br)cc1. The van der Waals surface area contributed by atoms with Gasteiger partial charge in [0.15, 0.2) is 5.57 Å². The molecule has 5 heteroatoms. The molecule has 0 bridgehead atoms. The van der Waals surface area contributed by atoms with Crippen LogP contribution in [-0.2, 0) is 4.79 Å². The van der Waals surface area contributed by atoms with E-state index in [0.717, 1.165) is 4.47 Å². The van der Waals surface area contributed by atoms with Crippen LogP contribution in [-0.4, -0.2) is 18.1 Å². The van der Waals surface area contributed by atoms with E-state index in [-0.39, 0.29) is 11.3 Å². The van der Waals surface area contributed by atoms with E-state index in [1.165, 1.54) is 11.8 Å². The zero-order valence-corrected chi connectivity index (χ0v) is 11.0. The fourth-order valence-corrected chi connectivity index (χ4v) is 1.50. The number of allylic oxidation sites excluding steroid dienone is 1. The molecule has 0 saturated heterocycles. The van der Waals surface area contributed by atoms with Gasteiger partial charge < -0.3 is 10.0 Å². The van der Waals surface area contributed by atoms with Crippen molar-refractivity contribution in [2.24, 2.45) is 0 Å². The largest absolute Gasteiger partial charge is 0.511 e. The van der Waals surface area contributed by atoms with Crippen LogP contribution in [0, 0.1) is 11.3 Å². The quantitative estimate of drug-likeness (QED) is 0.518. The first-order valence-electron chi connectivity index (χ1n) is 4.81. The van der Waals surface area contributed by atoms with Crippen molar-refractivity contribution in [1.82, 2.24) is 0 Å². The molecule has 17 heavy (non-hydrogen) atoms. The van der Waals surface area contributed by atoms with Gasteiger partial charge in [0.1, 0.15) is 11.8 Å². The Morgan fingerprint density at radius 3 is 2.35 bits per heavy atom. The fourth-order valence-electron chi connectivity index (χ4n) is 1.23. The number of hydrogen-bond donors (Lipinski definition) is 1. The lowest BCUT2D eigenvalue weighted by atomic mass is 10.2. The zero-order valence-electron chi connectivity index (χ0n) is 9.44. The van der Waals surface area contributed by atoms with Gasteiger partial charge in [-0.05, 0) is 31.2 Å². The molecule has 0 fully saturated rings. The molecule has 0 aliphatic rings. The average molecular weight is 295 g/mol. The first-order chi connectivity index (χ1) is 7.97. The Morgan fingerprint density at radius 1 is 1.41 bits per heavy atom. The van der Waals surface area contributed by atoms with Gasteiger partial charge in [0.2, 0.25) is 0 Å². The molecule has 1 amide bonds. The number of carbonyl (C=O) groups is 1. The number of nitrogens with zero attached hydrogens (tertiary/aromatic N) is 2. The maximum atomic E-state index is 11.9. The monoisotopic (exact) mass is 294 g/mol. The lowest BCUT2D eigenvalue weighted by Gasteiger charge is -2.16. The molecular weight excluding hydrogens is 284 g/mol. The summed E-state index contributed by atoms with van der Waals surface area (Å²) in [6.45, 7) is 1.31. The van der Waals surface area contributed by atoms with Gasteiger partial charge >= 0.3 is 0 Å². The molecule has 0 atom stereocenters. The summed E-state index contributed by atoms with van der Waals surface area (Å²) in [4.78, 5) is 13.2. The number of amides is 1. The Kier molecular flexibility index (Phi) is 4.30. The van der Waals surface area contributed by atoms with Gasteiger partial charge in [-0.15, -0.1) is 0 Å². The van der Waals surface area contributed by atoms with Crippen molar-refractivity contribution in [2.45, 2.75) is 6.92 Å². The van der Waals surface area contributed by atoms with E-state index >= 15 is 0 Å². The van der Waals surface area contributed by atoms with Gasteiger partial charge in [-0.25, -0.2) is 0 Å².